The summed E-state index contributed by atoms with van der Waals surface area (Å²) in [7, 11) is 0. The average Bonchev–Trinajstić information content (AvgIpc) is 3.07. The van der Waals surface area contributed by atoms with Gasteiger partial charge >= 0.3 is 6.61 Å². The third-order valence-corrected chi connectivity index (χ3v) is 5.43. The minimum atomic E-state index is -2.83. The molecule has 0 aliphatic carbocycles. The third-order valence-electron chi connectivity index (χ3n) is 4.30. The van der Waals surface area contributed by atoms with Gasteiger partial charge in [-0.05, 0) is 67.4 Å². The van der Waals surface area contributed by atoms with Crippen LogP contribution in [0.3, 0.4) is 0 Å². The van der Waals surface area contributed by atoms with Gasteiger partial charge in [-0.3, -0.25) is 4.79 Å². The fraction of sp³-hybridized carbons (Fsp3) is 0.389. The van der Waals surface area contributed by atoms with E-state index < -0.39 is 6.61 Å². The number of thiophene rings is 1. The fourth-order valence-electron chi connectivity index (χ4n) is 2.88. The van der Waals surface area contributed by atoms with Crippen LogP contribution in [0.5, 0.6) is 5.75 Å². The molecule has 4 nitrogen and oxygen atoms in total. The van der Waals surface area contributed by atoms with Crippen LogP contribution >= 0.6 is 23.7 Å². The molecule has 0 radical (unpaired) electrons. The Morgan fingerprint density at radius 2 is 2.00 bits per heavy atom. The molecule has 3 rings (SSSR count). The lowest BCUT2D eigenvalue weighted by atomic mass is 9.95. The van der Waals surface area contributed by atoms with Gasteiger partial charge in [-0.1, -0.05) is 6.92 Å². The van der Waals surface area contributed by atoms with Crippen molar-refractivity contribution in [2.24, 2.45) is 5.92 Å². The van der Waals surface area contributed by atoms with Gasteiger partial charge in [-0.25, -0.2) is 0 Å². The van der Waals surface area contributed by atoms with Crippen molar-refractivity contribution in [2.75, 3.05) is 13.1 Å². The normalized spacial score (nSPS) is 19.7. The van der Waals surface area contributed by atoms with Gasteiger partial charge in [0.1, 0.15) is 5.75 Å². The number of nitrogens with one attached hydrogen (secondary N) is 2. The molecule has 1 aromatic heterocycles. The molecule has 2 unspecified atom stereocenters. The zero-order valence-corrected chi connectivity index (χ0v) is 15.8. The van der Waals surface area contributed by atoms with Gasteiger partial charge in [-0.2, -0.15) is 8.78 Å². The van der Waals surface area contributed by atoms with Gasteiger partial charge in [0.15, 0.2) is 0 Å². The molecular formula is C18H21ClF2N2O2S. The number of piperidine rings is 1. The van der Waals surface area contributed by atoms with Crippen molar-refractivity contribution in [3.63, 3.8) is 0 Å². The summed E-state index contributed by atoms with van der Waals surface area (Å²) >= 11 is 1.39. The number of ether oxygens (including phenoxy) is 1. The monoisotopic (exact) mass is 402 g/mol. The first-order valence-corrected chi connectivity index (χ1v) is 9.01. The number of carbonyl (C=O) groups excluding carboxylic acids is 1. The van der Waals surface area contributed by atoms with Gasteiger partial charge < -0.3 is 15.4 Å². The zero-order chi connectivity index (χ0) is 17.8. The molecule has 2 aromatic rings. The first-order valence-electron chi connectivity index (χ1n) is 8.19. The lowest BCUT2D eigenvalue weighted by Crippen LogP contribution is -2.48. The van der Waals surface area contributed by atoms with Gasteiger partial charge in [-0.15, -0.1) is 23.7 Å². The molecule has 2 heterocycles. The van der Waals surface area contributed by atoms with Crippen LogP contribution in [0.1, 0.15) is 23.0 Å². The largest absolute Gasteiger partial charge is 0.435 e. The maximum Gasteiger partial charge on any atom is 0.387 e. The van der Waals surface area contributed by atoms with E-state index in [4.69, 9.17) is 0 Å². The first kappa shape index (κ1) is 20.6. The van der Waals surface area contributed by atoms with Crippen LogP contribution in [0.4, 0.5) is 8.78 Å². The molecule has 1 fully saturated rings. The highest BCUT2D eigenvalue weighted by Crippen LogP contribution is 2.30. The molecule has 0 saturated carbocycles. The Balaban J connectivity index is 0.00000243. The Bertz CT molecular complexity index is 724. The number of benzene rings is 1. The Kier molecular flexibility index (Phi) is 7.37. The third kappa shape index (κ3) is 5.16. The second-order valence-electron chi connectivity index (χ2n) is 6.12. The van der Waals surface area contributed by atoms with Crippen molar-refractivity contribution in [2.45, 2.75) is 26.0 Å². The smallest absolute Gasteiger partial charge is 0.387 e. The molecule has 2 N–H and O–H groups in total. The second kappa shape index (κ2) is 9.30. The second-order valence-corrected chi connectivity index (χ2v) is 7.20. The maximum absolute atomic E-state index is 12.5. The van der Waals surface area contributed by atoms with Crippen molar-refractivity contribution < 1.29 is 18.3 Å². The summed E-state index contributed by atoms with van der Waals surface area (Å²) in [5, 5.41) is 6.42. The molecule has 8 heteroatoms. The molecule has 0 spiro atoms. The van der Waals surface area contributed by atoms with Crippen LogP contribution in [0.25, 0.3) is 10.4 Å². The van der Waals surface area contributed by atoms with E-state index in [9.17, 15) is 13.6 Å². The van der Waals surface area contributed by atoms with E-state index in [0.717, 1.165) is 30.0 Å². The minimum absolute atomic E-state index is 0. The maximum atomic E-state index is 12.5. The quantitative estimate of drug-likeness (QED) is 0.789. The van der Waals surface area contributed by atoms with Gasteiger partial charge in [0.05, 0.1) is 4.88 Å². The van der Waals surface area contributed by atoms with E-state index in [1.54, 1.807) is 18.2 Å². The number of hydrogen-bond acceptors (Lipinski definition) is 4. The highest BCUT2D eigenvalue weighted by atomic mass is 35.5. The Hall–Kier alpha value is -1.70. The number of amides is 1. The summed E-state index contributed by atoms with van der Waals surface area (Å²) in [6, 6.07) is 10.3. The zero-order valence-electron chi connectivity index (χ0n) is 14.2. The van der Waals surface area contributed by atoms with Crippen molar-refractivity contribution in [3.05, 3.63) is 41.3 Å². The molecule has 1 aliphatic heterocycles. The predicted octanol–water partition coefficient (Wildman–Crippen LogP) is 4.17. The van der Waals surface area contributed by atoms with Crippen molar-refractivity contribution in [1.82, 2.24) is 10.6 Å². The predicted molar refractivity (Wildman–Crippen MR) is 102 cm³/mol. The average molecular weight is 403 g/mol. The molecule has 142 valence electrons. The number of alkyl halides is 2. The molecule has 1 aromatic carbocycles. The summed E-state index contributed by atoms with van der Waals surface area (Å²) in [5.74, 6) is 0.459. The van der Waals surface area contributed by atoms with E-state index >= 15 is 0 Å². The van der Waals surface area contributed by atoms with Crippen LogP contribution in [0.2, 0.25) is 0 Å². The number of carbonyl (C=O) groups is 1. The summed E-state index contributed by atoms with van der Waals surface area (Å²) in [5.41, 5.74) is 0.862. The van der Waals surface area contributed by atoms with Crippen LogP contribution in [0, 0.1) is 5.92 Å². The van der Waals surface area contributed by atoms with Crippen LogP contribution in [0.15, 0.2) is 36.4 Å². The van der Waals surface area contributed by atoms with Crippen molar-refractivity contribution in [3.8, 4) is 16.2 Å². The van der Waals surface area contributed by atoms with Crippen molar-refractivity contribution >= 4 is 29.7 Å². The van der Waals surface area contributed by atoms with Crippen molar-refractivity contribution in [1.29, 1.82) is 0 Å². The summed E-state index contributed by atoms with van der Waals surface area (Å²) in [4.78, 5) is 14.0. The van der Waals surface area contributed by atoms with Gasteiger partial charge in [0.2, 0.25) is 0 Å². The Labute approximate surface area is 161 Å². The number of halogens is 3. The molecule has 26 heavy (non-hydrogen) atoms. The van der Waals surface area contributed by atoms with E-state index in [1.807, 2.05) is 6.07 Å². The van der Waals surface area contributed by atoms with Gasteiger partial charge in [0, 0.05) is 10.9 Å². The van der Waals surface area contributed by atoms with Crippen LogP contribution < -0.4 is 15.4 Å². The highest BCUT2D eigenvalue weighted by molar-refractivity contribution is 7.17. The van der Waals surface area contributed by atoms with E-state index in [2.05, 4.69) is 22.3 Å². The van der Waals surface area contributed by atoms with Gasteiger partial charge in [0.25, 0.3) is 5.91 Å². The minimum Gasteiger partial charge on any atom is -0.435 e. The first-order chi connectivity index (χ1) is 12.0. The number of hydrogen-bond donors (Lipinski definition) is 2. The number of rotatable bonds is 5. The molecule has 2 atom stereocenters. The van der Waals surface area contributed by atoms with E-state index in [0.29, 0.717) is 10.8 Å². The molecule has 1 aliphatic rings. The summed E-state index contributed by atoms with van der Waals surface area (Å²) < 4.78 is 28.7. The fourth-order valence-corrected chi connectivity index (χ4v) is 3.80. The van der Waals surface area contributed by atoms with E-state index in [-0.39, 0.29) is 30.1 Å². The lowest BCUT2D eigenvalue weighted by Gasteiger charge is -2.30. The standard InChI is InChI=1S/C18H20F2N2O2S.ClH/c1-11-10-21-9-8-14(11)22-17(23)16-7-6-15(25-16)12-2-4-13(5-3-12)24-18(19)20;/h2-7,11,14,18,21H,8-10H2,1H3,(H,22,23);1H. The topological polar surface area (TPSA) is 50.4 Å². The van der Waals surface area contributed by atoms with Crippen LogP contribution in [-0.2, 0) is 0 Å². The molecule has 1 saturated heterocycles. The molecule has 0 bridgehead atoms. The van der Waals surface area contributed by atoms with Crippen LogP contribution in [-0.4, -0.2) is 31.7 Å². The summed E-state index contributed by atoms with van der Waals surface area (Å²) in [6.45, 7) is 1.12. The lowest BCUT2D eigenvalue weighted by molar-refractivity contribution is -0.0498. The Morgan fingerprint density at radius 1 is 1.27 bits per heavy atom. The Morgan fingerprint density at radius 3 is 2.65 bits per heavy atom. The molecular weight excluding hydrogens is 382 g/mol. The van der Waals surface area contributed by atoms with E-state index in [1.165, 1.54) is 23.5 Å². The molecule has 1 amide bonds. The summed E-state index contributed by atoms with van der Waals surface area (Å²) in [6.07, 6.45) is 0.927. The highest BCUT2D eigenvalue weighted by Gasteiger charge is 2.23. The SMILES string of the molecule is CC1CNCCC1NC(=O)c1ccc(-c2ccc(OC(F)F)cc2)s1.Cl.